The first kappa shape index (κ1) is 16.3. The van der Waals surface area contributed by atoms with Crippen LogP contribution in [0.3, 0.4) is 0 Å². The Morgan fingerprint density at radius 2 is 1.71 bits per heavy atom. The smallest absolute Gasteiger partial charge is 0.306 e. The fourth-order valence-corrected chi connectivity index (χ4v) is 4.08. The van der Waals surface area contributed by atoms with Gasteiger partial charge in [-0.1, -0.05) is 20.3 Å². The molecule has 4 nitrogen and oxygen atoms in total. The van der Waals surface area contributed by atoms with Gasteiger partial charge in [-0.05, 0) is 50.9 Å². The third-order valence-corrected chi connectivity index (χ3v) is 5.41. The largest absolute Gasteiger partial charge is 0.481 e. The molecule has 21 heavy (non-hydrogen) atoms. The first-order valence-corrected chi connectivity index (χ1v) is 8.57. The second-order valence-electron chi connectivity index (χ2n) is 6.89. The van der Waals surface area contributed by atoms with Crippen LogP contribution in [0.4, 0.5) is 0 Å². The van der Waals surface area contributed by atoms with Crippen LogP contribution in [-0.4, -0.2) is 34.5 Å². The maximum Gasteiger partial charge on any atom is 0.306 e. The van der Waals surface area contributed by atoms with Gasteiger partial charge in [0.05, 0.1) is 5.92 Å². The molecule has 1 saturated heterocycles. The fraction of sp³-hybridized carbons (Fsp3) is 0.882. The molecule has 2 unspecified atom stereocenters. The first-order valence-electron chi connectivity index (χ1n) is 8.57. The van der Waals surface area contributed by atoms with Crippen LogP contribution in [0, 0.1) is 17.8 Å². The lowest BCUT2D eigenvalue weighted by molar-refractivity contribution is -0.147. The molecule has 1 saturated carbocycles. The third kappa shape index (κ3) is 3.78. The second kappa shape index (κ2) is 7.28. The molecule has 2 atom stereocenters. The Balaban J connectivity index is 1.96. The molecule has 0 aromatic heterocycles. The van der Waals surface area contributed by atoms with E-state index in [0.29, 0.717) is 30.7 Å². The fourth-order valence-electron chi connectivity index (χ4n) is 4.08. The molecule has 0 spiro atoms. The minimum Gasteiger partial charge on any atom is -0.481 e. The second-order valence-corrected chi connectivity index (χ2v) is 6.89. The molecule has 1 aliphatic heterocycles. The summed E-state index contributed by atoms with van der Waals surface area (Å²) in [5.74, 6) is 0.0178. The van der Waals surface area contributed by atoms with Crippen molar-refractivity contribution in [2.45, 2.75) is 71.3 Å². The van der Waals surface area contributed by atoms with Crippen molar-refractivity contribution in [3.8, 4) is 0 Å². The summed E-state index contributed by atoms with van der Waals surface area (Å²) in [4.78, 5) is 26.0. The summed E-state index contributed by atoms with van der Waals surface area (Å²) < 4.78 is 0. The molecule has 0 aromatic carbocycles. The number of carboxylic acids is 1. The monoisotopic (exact) mass is 295 g/mol. The maximum absolute atomic E-state index is 12.8. The van der Waals surface area contributed by atoms with Gasteiger partial charge in [-0.15, -0.1) is 0 Å². The molecule has 0 bridgehead atoms. The van der Waals surface area contributed by atoms with Crippen LogP contribution in [0.2, 0.25) is 0 Å². The molecule has 1 N–H and O–H groups in total. The Kier molecular flexibility index (Phi) is 5.65. The van der Waals surface area contributed by atoms with Gasteiger partial charge < -0.3 is 10.0 Å². The van der Waals surface area contributed by atoms with E-state index in [4.69, 9.17) is 5.11 Å². The van der Waals surface area contributed by atoms with Crippen molar-refractivity contribution >= 4 is 11.9 Å². The summed E-state index contributed by atoms with van der Waals surface area (Å²) in [6, 6.07) is 0.397. The number of hydrogen-bond acceptors (Lipinski definition) is 2. The highest BCUT2D eigenvalue weighted by atomic mass is 16.4. The van der Waals surface area contributed by atoms with Crippen molar-refractivity contribution in [1.29, 1.82) is 0 Å². The number of piperidine rings is 1. The van der Waals surface area contributed by atoms with Crippen molar-refractivity contribution in [1.82, 2.24) is 4.90 Å². The molecule has 2 aliphatic rings. The summed E-state index contributed by atoms with van der Waals surface area (Å²) >= 11 is 0. The van der Waals surface area contributed by atoms with E-state index >= 15 is 0 Å². The quantitative estimate of drug-likeness (QED) is 0.865. The van der Waals surface area contributed by atoms with Crippen LogP contribution in [0.1, 0.15) is 65.2 Å². The summed E-state index contributed by atoms with van der Waals surface area (Å²) in [6.45, 7) is 5.34. The van der Waals surface area contributed by atoms with Crippen LogP contribution in [0.5, 0.6) is 0 Å². The molecular weight excluding hydrogens is 266 g/mol. The van der Waals surface area contributed by atoms with Gasteiger partial charge in [-0.2, -0.15) is 0 Å². The highest BCUT2D eigenvalue weighted by molar-refractivity contribution is 5.80. The van der Waals surface area contributed by atoms with E-state index in [1.165, 1.54) is 6.42 Å². The Morgan fingerprint density at radius 1 is 1.10 bits per heavy atom. The van der Waals surface area contributed by atoms with E-state index in [9.17, 15) is 9.59 Å². The third-order valence-electron chi connectivity index (χ3n) is 5.41. The number of amides is 1. The SMILES string of the molecule is CCCC1C(C)CCCN1C(=O)C1CCC(C(=O)O)CC1. The summed E-state index contributed by atoms with van der Waals surface area (Å²) in [5, 5.41) is 9.06. The number of hydrogen-bond donors (Lipinski definition) is 1. The lowest BCUT2D eigenvalue weighted by Crippen LogP contribution is -2.50. The molecule has 4 heteroatoms. The molecule has 2 rings (SSSR count). The molecule has 1 heterocycles. The highest BCUT2D eigenvalue weighted by Crippen LogP contribution is 2.34. The normalized spacial score (nSPS) is 33.7. The predicted octanol–water partition coefficient (Wildman–Crippen LogP) is 3.30. The number of likely N-dealkylation sites (tertiary alicyclic amines) is 1. The van der Waals surface area contributed by atoms with E-state index < -0.39 is 5.97 Å². The van der Waals surface area contributed by atoms with Crippen LogP contribution >= 0.6 is 0 Å². The molecule has 1 aliphatic carbocycles. The highest BCUT2D eigenvalue weighted by Gasteiger charge is 2.37. The number of carboxylic acid groups (broad SMARTS) is 1. The Bertz CT molecular complexity index is 374. The Morgan fingerprint density at radius 3 is 2.29 bits per heavy atom. The van der Waals surface area contributed by atoms with E-state index in [1.807, 2.05) is 0 Å². The number of aliphatic carboxylic acids is 1. The molecule has 120 valence electrons. The maximum atomic E-state index is 12.8. The van der Waals surface area contributed by atoms with Gasteiger partial charge in [0.15, 0.2) is 0 Å². The van der Waals surface area contributed by atoms with Crippen molar-refractivity contribution in [2.24, 2.45) is 17.8 Å². The van der Waals surface area contributed by atoms with E-state index in [1.54, 1.807) is 0 Å². The zero-order valence-corrected chi connectivity index (χ0v) is 13.4. The summed E-state index contributed by atoms with van der Waals surface area (Å²) in [5.41, 5.74) is 0. The van der Waals surface area contributed by atoms with Gasteiger partial charge in [0, 0.05) is 18.5 Å². The van der Waals surface area contributed by atoms with Crippen molar-refractivity contribution in [3.63, 3.8) is 0 Å². The average Bonchev–Trinajstić information content (AvgIpc) is 2.49. The number of nitrogens with zero attached hydrogens (tertiary/aromatic N) is 1. The van der Waals surface area contributed by atoms with Gasteiger partial charge in [-0.3, -0.25) is 9.59 Å². The first-order chi connectivity index (χ1) is 10.0. The lowest BCUT2D eigenvalue weighted by atomic mass is 9.80. The molecule has 2 fully saturated rings. The lowest BCUT2D eigenvalue weighted by Gasteiger charge is -2.42. The predicted molar refractivity (Wildman–Crippen MR) is 81.9 cm³/mol. The van der Waals surface area contributed by atoms with Crippen LogP contribution in [-0.2, 0) is 9.59 Å². The van der Waals surface area contributed by atoms with Crippen molar-refractivity contribution < 1.29 is 14.7 Å². The number of carbonyl (C=O) groups is 2. The van der Waals surface area contributed by atoms with Crippen LogP contribution < -0.4 is 0 Å². The molecule has 0 radical (unpaired) electrons. The van der Waals surface area contributed by atoms with E-state index in [0.717, 1.165) is 38.6 Å². The molecule has 1 amide bonds. The standard InChI is InChI=1S/C17H29NO3/c1-3-5-15-12(2)6-4-11-18(15)16(19)13-7-9-14(10-8-13)17(20)21/h12-15H,3-11H2,1-2H3,(H,20,21). The van der Waals surface area contributed by atoms with Crippen LogP contribution in [0.15, 0.2) is 0 Å². The van der Waals surface area contributed by atoms with Gasteiger partial charge in [-0.25, -0.2) is 0 Å². The Labute approximate surface area is 127 Å². The zero-order chi connectivity index (χ0) is 15.4. The zero-order valence-electron chi connectivity index (χ0n) is 13.4. The van der Waals surface area contributed by atoms with Gasteiger partial charge in [0.1, 0.15) is 0 Å². The average molecular weight is 295 g/mol. The van der Waals surface area contributed by atoms with E-state index in [-0.39, 0.29) is 11.8 Å². The summed E-state index contributed by atoms with van der Waals surface area (Å²) in [6.07, 6.45) is 7.36. The number of carbonyl (C=O) groups excluding carboxylic acids is 1. The minimum absolute atomic E-state index is 0.0604. The molecular formula is C17H29NO3. The van der Waals surface area contributed by atoms with Crippen LogP contribution in [0.25, 0.3) is 0 Å². The van der Waals surface area contributed by atoms with Gasteiger partial charge >= 0.3 is 5.97 Å². The minimum atomic E-state index is -0.698. The number of rotatable bonds is 4. The molecule has 0 aromatic rings. The topological polar surface area (TPSA) is 57.6 Å². The van der Waals surface area contributed by atoms with Gasteiger partial charge in [0.2, 0.25) is 5.91 Å². The van der Waals surface area contributed by atoms with Gasteiger partial charge in [0.25, 0.3) is 0 Å². The van der Waals surface area contributed by atoms with Crippen molar-refractivity contribution in [2.75, 3.05) is 6.54 Å². The Hall–Kier alpha value is -1.06. The summed E-state index contributed by atoms with van der Waals surface area (Å²) in [7, 11) is 0. The van der Waals surface area contributed by atoms with Crippen molar-refractivity contribution in [3.05, 3.63) is 0 Å². The van der Waals surface area contributed by atoms with E-state index in [2.05, 4.69) is 18.7 Å².